The first-order chi connectivity index (χ1) is 14.2. The molecule has 4 nitrogen and oxygen atoms in total. The number of carbonyl (C=O) groups excluding carboxylic acids is 1. The van der Waals surface area contributed by atoms with Crippen molar-refractivity contribution in [2.24, 2.45) is 11.3 Å². The number of halogens is 3. The molecule has 1 aromatic heterocycles. The second kappa shape index (κ2) is 11.1. The average Bonchev–Trinajstić information content (AvgIpc) is 2.71. The molecule has 0 aliphatic carbocycles. The lowest BCUT2D eigenvalue weighted by Crippen LogP contribution is -2.44. The van der Waals surface area contributed by atoms with E-state index in [9.17, 15) is 18.0 Å². The third-order valence-corrected chi connectivity index (χ3v) is 5.94. The van der Waals surface area contributed by atoms with Crippen molar-refractivity contribution < 1.29 is 22.7 Å². The van der Waals surface area contributed by atoms with Crippen molar-refractivity contribution in [3.8, 4) is 0 Å². The van der Waals surface area contributed by atoms with Crippen LogP contribution in [0.2, 0.25) is 0 Å². The van der Waals surface area contributed by atoms with Crippen LogP contribution in [0.4, 0.5) is 19.0 Å². The zero-order valence-corrected chi connectivity index (χ0v) is 18.4. The van der Waals surface area contributed by atoms with Gasteiger partial charge in [-0.25, -0.2) is 4.98 Å². The smallest absolute Gasteiger partial charge is 0.381 e. The number of aromatic nitrogens is 1. The van der Waals surface area contributed by atoms with Crippen LogP contribution in [-0.4, -0.2) is 30.6 Å². The monoisotopic (exact) mass is 428 g/mol. The van der Waals surface area contributed by atoms with Gasteiger partial charge in [-0.1, -0.05) is 52.5 Å². The Morgan fingerprint density at radius 3 is 2.50 bits per heavy atom. The van der Waals surface area contributed by atoms with Crippen LogP contribution >= 0.6 is 0 Å². The molecule has 1 aromatic rings. The molecule has 0 bridgehead atoms. The van der Waals surface area contributed by atoms with Gasteiger partial charge in [-0.15, -0.1) is 0 Å². The Labute approximate surface area is 178 Å². The minimum Gasteiger partial charge on any atom is -0.381 e. The average molecular weight is 429 g/mol. The molecule has 1 amide bonds. The van der Waals surface area contributed by atoms with Crippen LogP contribution in [0.1, 0.15) is 77.8 Å². The van der Waals surface area contributed by atoms with Crippen LogP contribution in [0.25, 0.3) is 0 Å². The Hall–Kier alpha value is -1.63. The maximum atomic E-state index is 13.2. The summed E-state index contributed by atoms with van der Waals surface area (Å²) in [5.74, 6) is 0.571. The van der Waals surface area contributed by atoms with E-state index in [0.29, 0.717) is 25.7 Å². The molecule has 7 heteroatoms. The third kappa shape index (κ3) is 7.25. The normalized spacial score (nSPS) is 16.6. The maximum Gasteiger partial charge on any atom is 0.433 e. The fraction of sp³-hybridized carbons (Fsp3) is 0.739. The number of hydrogen-bond donors (Lipinski definition) is 0. The first kappa shape index (κ1) is 24.6. The number of ether oxygens (including phenoxy) is 1. The lowest BCUT2D eigenvalue weighted by Gasteiger charge is -2.41. The van der Waals surface area contributed by atoms with Gasteiger partial charge in [0.2, 0.25) is 5.91 Å². The Kier molecular flexibility index (Phi) is 9.13. The molecule has 1 saturated heterocycles. The summed E-state index contributed by atoms with van der Waals surface area (Å²) in [5.41, 5.74) is -1.11. The second-order valence-corrected chi connectivity index (χ2v) is 8.82. The predicted molar refractivity (Wildman–Crippen MR) is 112 cm³/mol. The molecule has 2 rings (SSSR count). The van der Waals surface area contributed by atoms with E-state index in [1.54, 1.807) is 6.92 Å². The van der Waals surface area contributed by atoms with E-state index >= 15 is 0 Å². The van der Waals surface area contributed by atoms with E-state index < -0.39 is 11.9 Å². The summed E-state index contributed by atoms with van der Waals surface area (Å²) in [5, 5.41) is 0. The summed E-state index contributed by atoms with van der Waals surface area (Å²) in [6, 6.07) is 3.76. The summed E-state index contributed by atoms with van der Waals surface area (Å²) < 4.78 is 45.0. The molecule has 0 aromatic carbocycles. The lowest BCUT2D eigenvalue weighted by atomic mass is 9.75. The van der Waals surface area contributed by atoms with E-state index in [0.717, 1.165) is 38.2 Å². The number of pyridine rings is 1. The Balaban J connectivity index is 2.19. The number of carbonyl (C=O) groups is 1. The van der Waals surface area contributed by atoms with Gasteiger partial charge in [0.25, 0.3) is 0 Å². The Morgan fingerprint density at radius 2 is 1.90 bits per heavy atom. The molecular weight excluding hydrogens is 393 g/mol. The molecule has 0 saturated carbocycles. The predicted octanol–water partition coefficient (Wildman–Crippen LogP) is 6.25. The van der Waals surface area contributed by atoms with Crippen LogP contribution in [0, 0.1) is 11.3 Å². The van der Waals surface area contributed by atoms with E-state index in [1.807, 2.05) is 0 Å². The van der Waals surface area contributed by atoms with Gasteiger partial charge in [0, 0.05) is 26.2 Å². The van der Waals surface area contributed by atoms with Crippen molar-refractivity contribution in [1.82, 2.24) is 4.98 Å². The minimum absolute atomic E-state index is 0.0855. The maximum absolute atomic E-state index is 13.2. The van der Waals surface area contributed by atoms with Gasteiger partial charge >= 0.3 is 6.18 Å². The van der Waals surface area contributed by atoms with Crippen molar-refractivity contribution in [3.63, 3.8) is 0 Å². The largest absolute Gasteiger partial charge is 0.433 e. The van der Waals surface area contributed by atoms with Crippen LogP contribution < -0.4 is 4.90 Å². The minimum atomic E-state index is -4.54. The number of anilines is 1. The molecule has 1 fully saturated rings. The van der Waals surface area contributed by atoms with Crippen molar-refractivity contribution in [2.45, 2.75) is 78.3 Å². The summed E-state index contributed by atoms with van der Waals surface area (Å²) >= 11 is 0. The van der Waals surface area contributed by atoms with Gasteiger partial charge in [-0.05, 0) is 42.7 Å². The molecule has 0 spiro atoms. The summed E-state index contributed by atoms with van der Waals surface area (Å²) in [7, 11) is 0. The summed E-state index contributed by atoms with van der Waals surface area (Å²) in [6.45, 7) is 7.80. The first-order valence-corrected chi connectivity index (χ1v) is 11.1. The molecule has 170 valence electrons. The number of unbranched alkanes of at least 4 members (excludes halogenated alkanes) is 2. The fourth-order valence-corrected chi connectivity index (χ4v) is 4.08. The first-order valence-electron chi connectivity index (χ1n) is 11.1. The third-order valence-electron chi connectivity index (χ3n) is 5.94. The van der Waals surface area contributed by atoms with Crippen LogP contribution in [-0.2, 0) is 15.7 Å². The van der Waals surface area contributed by atoms with Crippen LogP contribution in [0.5, 0.6) is 0 Å². The zero-order valence-electron chi connectivity index (χ0n) is 18.4. The van der Waals surface area contributed by atoms with Crippen molar-refractivity contribution in [3.05, 3.63) is 23.9 Å². The Bertz CT molecular complexity index is 671. The van der Waals surface area contributed by atoms with Gasteiger partial charge < -0.3 is 4.74 Å². The van der Waals surface area contributed by atoms with Crippen molar-refractivity contribution in [2.75, 3.05) is 24.7 Å². The summed E-state index contributed by atoms with van der Waals surface area (Å²) in [4.78, 5) is 18.0. The molecule has 0 N–H and O–H groups in total. The number of amides is 1. The second-order valence-electron chi connectivity index (χ2n) is 8.82. The molecule has 2 heterocycles. The molecule has 0 radical (unpaired) electrons. The highest BCUT2D eigenvalue weighted by molar-refractivity contribution is 5.92. The van der Waals surface area contributed by atoms with Crippen LogP contribution in [0.3, 0.4) is 0 Å². The van der Waals surface area contributed by atoms with E-state index in [1.165, 1.54) is 29.9 Å². The SMILES string of the molecule is CCC(=O)N(CC1(CCCCCC(C)C)CCOCC1)c1cccc(C(F)(F)F)n1. The highest BCUT2D eigenvalue weighted by Gasteiger charge is 2.37. The van der Waals surface area contributed by atoms with Gasteiger partial charge in [0.15, 0.2) is 0 Å². The number of nitrogens with zero attached hydrogens (tertiary/aromatic N) is 2. The quantitative estimate of drug-likeness (QED) is 0.414. The van der Waals surface area contributed by atoms with Gasteiger partial charge in [-0.3, -0.25) is 9.69 Å². The molecule has 1 aliphatic rings. The van der Waals surface area contributed by atoms with E-state index in [-0.39, 0.29) is 23.6 Å². The standard InChI is InChI=1S/C23H35F3N2O2/c1-4-21(29)28(20-11-8-10-19(27-20)23(24,25)26)17-22(13-15-30-16-14-22)12-7-5-6-9-18(2)3/h8,10-11,18H,4-7,9,12-17H2,1-3H3. The number of alkyl halides is 3. The van der Waals surface area contributed by atoms with Crippen molar-refractivity contribution >= 4 is 11.7 Å². The van der Waals surface area contributed by atoms with Gasteiger partial charge in [0.05, 0.1) is 0 Å². The molecule has 0 unspecified atom stereocenters. The number of rotatable bonds is 10. The van der Waals surface area contributed by atoms with Gasteiger partial charge in [0.1, 0.15) is 11.5 Å². The molecule has 0 atom stereocenters. The zero-order chi connectivity index (χ0) is 22.2. The van der Waals surface area contributed by atoms with Gasteiger partial charge in [-0.2, -0.15) is 13.2 Å². The lowest BCUT2D eigenvalue weighted by molar-refractivity contribution is -0.141. The highest BCUT2D eigenvalue weighted by atomic mass is 19.4. The summed E-state index contributed by atoms with van der Waals surface area (Å²) in [6.07, 6.45) is 2.81. The van der Waals surface area contributed by atoms with E-state index in [4.69, 9.17) is 4.74 Å². The van der Waals surface area contributed by atoms with E-state index in [2.05, 4.69) is 18.8 Å². The number of hydrogen-bond acceptors (Lipinski definition) is 3. The topological polar surface area (TPSA) is 42.4 Å². The van der Waals surface area contributed by atoms with Crippen LogP contribution in [0.15, 0.2) is 18.2 Å². The molecule has 1 aliphatic heterocycles. The Morgan fingerprint density at radius 1 is 1.20 bits per heavy atom. The fourth-order valence-electron chi connectivity index (χ4n) is 4.08. The highest BCUT2D eigenvalue weighted by Crippen LogP contribution is 2.38. The molecule has 30 heavy (non-hydrogen) atoms. The molecular formula is C23H35F3N2O2. The van der Waals surface area contributed by atoms with Crippen molar-refractivity contribution in [1.29, 1.82) is 0 Å².